The van der Waals surface area contributed by atoms with Crippen LogP contribution in [0.3, 0.4) is 0 Å². The van der Waals surface area contributed by atoms with Crippen molar-refractivity contribution in [3.05, 3.63) is 42.0 Å². The molecule has 0 spiro atoms. The van der Waals surface area contributed by atoms with Crippen molar-refractivity contribution in [3.63, 3.8) is 0 Å². The Bertz CT molecular complexity index is 536. The Morgan fingerprint density at radius 1 is 1.31 bits per heavy atom. The van der Waals surface area contributed by atoms with E-state index in [0.717, 1.165) is 22.0 Å². The first-order valence-electron chi connectivity index (χ1n) is 5.06. The second kappa shape index (κ2) is 4.54. The molecule has 0 aromatic heterocycles. The van der Waals surface area contributed by atoms with Crippen LogP contribution in [0.4, 0.5) is 5.69 Å². The topological polar surface area (TPSA) is 29.1 Å². The number of hydrogen-bond acceptors (Lipinski definition) is 1. The summed E-state index contributed by atoms with van der Waals surface area (Å²) < 4.78 is 0. The molecule has 16 heavy (non-hydrogen) atoms. The van der Waals surface area contributed by atoms with Gasteiger partial charge in [-0.15, -0.1) is 11.6 Å². The number of benzene rings is 2. The molecule has 2 nitrogen and oxygen atoms in total. The summed E-state index contributed by atoms with van der Waals surface area (Å²) in [5.74, 6) is -0.208. The summed E-state index contributed by atoms with van der Waals surface area (Å²) in [5, 5.41) is 4.96. The van der Waals surface area contributed by atoms with Crippen molar-refractivity contribution in [2.45, 2.75) is 6.92 Å². The molecule has 0 aliphatic carbocycles. The van der Waals surface area contributed by atoms with Gasteiger partial charge in [-0.3, -0.25) is 4.79 Å². The van der Waals surface area contributed by atoms with Crippen LogP contribution in [0.1, 0.15) is 5.56 Å². The third-order valence-corrected chi connectivity index (χ3v) is 2.64. The summed E-state index contributed by atoms with van der Waals surface area (Å²) in [6.45, 7) is 2.00. The van der Waals surface area contributed by atoms with E-state index < -0.39 is 0 Å². The highest BCUT2D eigenvalue weighted by atomic mass is 35.5. The monoisotopic (exact) mass is 233 g/mol. The van der Waals surface area contributed by atoms with Gasteiger partial charge in [0.2, 0.25) is 5.91 Å². The first-order valence-corrected chi connectivity index (χ1v) is 5.59. The summed E-state index contributed by atoms with van der Waals surface area (Å²) in [6, 6.07) is 12.0. The summed E-state index contributed by atoms with van der Waals surface area (Å²) in [7, 11) is 0. The highest BCUT2D eigenvalue weighted by Crippen LogP contribution is 2.25. The van der Waals surface area contributed by atoms with Crippen molar-refractivity contribution in [3.8, 4) is 0 Å². The molecular formula is C13H12ClNO. The molecule has 0 saturated carbocycles. The Balaban J connectivity index is 2.54. The zero-order chi connectivity index (χ0) is 11.5. The van der Waals surface area contributed by atoms with Crippen molar-refractivity contribution in [1.29, 1.82) is 0 Å². The molecule has 0 aliphatic heterocycles. The van der Waals surface area contributed by atoms with Gasteiger partial charge in [-0.1, -0.05) is 30.3 Å². The zero-order valence-electron chi connectivity index (χ0n) is 8.96. The maximum Gasteiger partial charge on any atom is 0.239 e. The van der Waals surface area contributed by atoms with Crippen molar-refractivity contribution >= 4 is 34.0 Å². The van der Waals surface area contributed by atoms with Crippen LogP contribution in [0.15, 0.2) is 36.4 Å². The molecule has 2 aromatic rings. The number of rotatable bonds is 2. The van der Waals surface area contributed by atoms with Gasteiger partial charge in [-0.05, 0) is 23.9 Å². The van der Waals surface area contributed by atoms with E-state index in [2.05, 4.69) is 11.4 Å². The Morgan fingerprint density at radius 2 is 2.06 bits per heavy atom. The Hall–Kier alpha value is -1.54. The fourth-order valence-electron chi connectivity index (χ4n) is 1.75. The highest BCUT2D eigenvalue weighted by molar-refractivity contribution is 6.29. The van der Waals surface area contributed by atoms with Gasteiger partial charge in [0.25, 0.3) is 0 Å². The average molecular weight is 234 g/mol. The van der Waals surface area contributed by atoms with Crippen LogP contribution in [0.5, 0.6) is 0 Å². The molecule has 1 N–H and O–H groups in total. The van der Waals surface area contributed by atoms with Crippen LogP contribution in [-0.4, -0.2) is 11.8 Å². The number of carbonyl (C=O) groups is 1. The maximum atomic E-state index is 11.3. The van der Waals surface area contributed by atoms with Gasteiger partial charge in [0.05, 0.1) is 0 Å². The van der Waals surface area contributed by atoms with Crippen molar-refractivity contribution < 1.29 is 4.79 Å². The van der Waals surface area contributed by atoms with Crippen LogP contribution in [0, 0.1) is 6.92 Å². The largest absolute Gasteiger partial charge is 0.324 e. The summed E-state index contributed by atoms with van der Waals surface area (Å²) in [6.07, 6.45) is 0. The standard InChI is InChI=1S/C13H12ClNO/c1-9-6-10-4-2-3-5-11(10)12(7-9)15-13(16)8-14/h2-7H,8H2,1H3,(H,15,16). The molecule has 0 atom stereocenters. The highest BCUT2D eigenvalue weighted by Gasteiger charge is 2.05. The number of fused-ring (bicyclic) bond motifs is 1. The van der Waals surface area contributed by atoms with E-state index in [0.29, 0.717) is 0 Å². The van der Waals surface area contributed by atoms with Gasteiger partial charge in [0, 0.05) is 11.1 Å². The molecule has 0 aliphatic rings. The van der Waals surface area contributed by atoms with Crippen LogP contribution >= 0.6 is 11.6 Å². The number of anilines is 1. The minimum Gasteiger partial charge on any atom is -0.324 e. The quantitative estimate of drug-likeness (QED) is 0.793. The maximum absolute atomic E-state index is 11.3. The van der Waals surface area contributed by atoms with Crippen LogP contribution in [0.25, 0.3) is 10.8 Å². The van der Waals surface area contributed by atoms with E-state index in [9.17, 15) is 4.79 Å². The normalized spacial score (nSPS) is 10.4. The third kappa shape index (κ3) is 2.17. The number of nitrogens with one attached hydrogen (secondary N) is 1. The second-order valence-electron chi connectivity index (χ2n) is 3.72. The number of aryl methyl sites for hydroxylation is 1. The van der Waals surface area contributed by atoms with E-state index >= 15 is 0 Å². The molecule has 2 rings (SSSR count). The lowest BCUT2D eigenvalue weighted by Gasteiger charge is -2.09. The van der Waals surface area contributed by atoms with Gasteiger partial charge in [0.15, 0.2) is 0 Å². The molecule has 3 heteroatoms. The summed E-state index contributed by atoms with van der Waals surface area (Å²) in [5.41, 5.74) is 1.94. The molecule has 0 heterocycles. The van der Waals surface area contributed by atoms with Crippen molar-refractivity contribution in [2.75, 3.05) is 11.2 Å². The van der Waals surface area contributed by atoms with Crippen molar-refractivity contribution in [2.24, 2.45) is 0 Å². The number of hydrogen-bond donors (Lipinski definition) is 1. The average Bonchev–Trinajstić information content (AvgIpc) is 2.28. The predicted octanol–water partition coefficient (Wildman–Crippen LogP) is 3.33. The molecule has 1 amide bonds. The Labute approximate surface area is 99.2 Å². The first-order chi connectivity index (χ1) is 7.70. The SMILES string of the molecule is Cc1cc(NC(=O)CCl)c2ccccc2c1. The lowest BCUT2D eigenvalue weighted by molar-refractivity contribution is -0.113. The molecule has 82 valence electrons. The lowest BCUT2D eigenvalue weighted by atomic mass is 10.1. The number of carbonyl (C=O) groups excluding carboxylic acids is 1. The zero-order valence-corrected chi connectivity index (χ0v) is 9.71. The van der Waals surface area contributed by atoms with Gasteiger partial charge in [0.1, 0.15) is 5.88 Å². The molecule has 0 unspecified atom stereocenters. The van der Waals surface area contributed by atoms with Crippen molar-refractivity contribution in [1.82, 2.24) is 0 Å². The van der Waals surface area contributed by atoms with Gasteiger partial charge in [-0.25, -0.2) is 0 Å². The van der Waals surface area contributed by atoms with Crippen LogP contribution in [0.2, 0.25) is 0 Å². The predicted molar refractivity (Wildman–Crippen MR) is 68.0 cm³/mol. The first kappa shape index (κ1) is 11.0. The van der Waals surface area contributed by atoms with E-state index in [1.54, 1.807) is 0 Å². The fourth-order valence-corrected chi connectivity index (χ4v) is 1.81. The van der Waals surface area contributed by atoms with Crippen LogP contribution < -0.4 is 5.32 Å². The third-order valence-electron chi connectivity index (χ3n) is 2.40. The van der Waals surface area contributed by atoms with E-state index in [1.165, 1.54) is 0 Å². The molecule has 0 bridgehead atoms. The number of amides is 1. The van der Waals surface area contributed by atoms with Gasteiger partial charge in [-0.2, -0.15) is 0 Å². The molecule has 0 saturated heterocycles. The Kier molecular flexibility index (Phi) is 3.11. The molecule has 0 fully saturated rings. The minimum absolute atomic E-state index is 0.0255. The molecular weight excluding hydrogens is 222 g/mol. The number of alkyl halides is 1. The van der Waals surface area contributed by atoms with Crippen LogP contribution in [-0.2, 0) is 4.79 Å². The van der Waals surface area contributed by atoms with E-state index in [4.69, 9.17) is 11.6 Å². The minimum atomic E-state index is -0.183. The second-order valence-corrected chi connectivity index (χ2v) is 3.98. The molecule has 2 aromatic carbocycles. The van der Waals surface area contributed by atoms with Gasteiger partial charge >= 0.3 is 0 Å². The summed E-state index contributed by atoms with van der Waals surface area (Å²) >= 11 is 5.48. The number of halogens is 1. The van der Waals surface area contributed by atoms with Gasteiger partial charge < -0.3 is 5.32 Å². The lowest BCUT2D eigenvalue weighted by Crippen LogP contribution is -2.12. The molecule has 0 radical (unpaired) electrons. The Morgan fingerprint density at radius 3 is 2.81 bits per heavy atom. The van der Waals surface area contributed by atoms with E-state index in [-0.39, 0.29) is 11.8 Å². The fraction of sp³-hybridized carbons (Fsp3) is 0.154. The smallest absolute Gasteiger partial charge is 0.239 e. The van der Waals surface area contributed by atoms with E-state index in [1.807, 2.05) is 37.3 Å². The summed E-state index contributed by atoms with van der Waals surface area (Å²) in [4.78, 5) is 11.3.